The topological polar surface area (TPSA) is 88.8 Å². The number of alkyl halides is 5. The molecule has 0 saturated carbocycles. The van der Waals surface area contributed by atoms with Gasteiger partial charge in [0.2, 0.25) is 0 Å². The number of nitrogens with one attached hydrogen (secondary N) is 1. The zero-order valence-electron chi connectivity index (χ0n) is 19.1. The second-order valence-electron chi connectivity index (χ2n) is 8.60. The van der Waals surface area contributed by atoms with Gasteiger partial charge in [0.15, 0.2) is 11.5 Å². The Labute approximate surface area is 201 Å². The van der Waals surface area contributed by atoms with Gasteiger partial charge in [0.25, 0.3) is 11.8 Å². The van der Waals surface area contributed by atoms with Crippen molar-refractivity contribution in [2.75, 3.05) is 18.4 Å². The number of pyridine rings is 1. The summed E-state index contributed by atoms with van der Waals surface area (Å²) in [7, 11) is 1.56. The van der Waals surface area contributed by atoms with Crippen molar-refractivity contribution in [2.45, 2.75) is 31.5 Å². The molecule has 4 heterocycles. The second kappa shape index (κ2) is 9.39. The lowest BCUT2D eigenvalue weighted by Crippen LogP contribution is -2.57. The molecular formula is C22H21F6N7O. The van der Waals surface area contributed by atoms with E-state index < -0.39 is 54.3 Å². The number of hydrogen-bond acceptors (Lipinski definition) is 6. The van der Waals surface area contributed by atoms with Gasteiger partial charge in [-0.2, -0.15) is 18.3 Å². The summed E-state index contributed by atoms with van der Waals surface area (Å²) in [5, 5.41) is 6.82. The second-order valence-corrected chi connectivity index (χ2v) is 8.60. The van der Waals surface area contributed by atoms with Gasteiger partial charge in [-0.25, -0.2) is 28.1 Å². The number of halogens is 6. The van der Waals surface area contributed by atoms with Gasteiger partial charge in [-0.1, -0.05) is 6.92 Å². The third-order valence-electron chi connectivity index (χ3n) is 5.83. The van der Waals surface area contributed by atoms with Crippen molar-refractivity contribution in [3.05, 3.63) is 54.0 Å². The molecule has 8 nitrogen and oxygen atoms in total. The molecule has 1 N–H and O–H groups in total. The summed E-state index contributed by atoms with van der Waals surface area (Å²) in [5.41, 5.74) is -1.40. The summed E-state index contributed by atoms with van der Waals surface area (Å²) < 4.78 is 82.7. The van der Waals surface area contributed by atoms with Crippen LogP contribution in [0.2, 0.25) is 0 Å². The van der Waals surface area contributed by atoms with E-state index in [1.165, 1.54) is 30.2 Å². The highest BCUT2D eigenvalue weighted by Crippen LogP contribution is 2.36. The fraction of sp³-hybridized carbons (Fsp3) is 0.409. The van der Waals surface area contributed by atoms with Crippen molar-refractivity contribution < 1.29 is 31.1 Å². The molecule has 0 aromatic carbocycles. The zero-order valence-corrected chi connectivity index (χ0v) is 19.1. The van der Waals surface area contributed by atoms with E-state index in [1.54, 1.807) is 13.1 Å². The van der Waals surface area contributed by atoms with Crippen molar-refractivity contribution in [3.8, 4) is 11.4 Å². The number of carbonyl (C=O) groups is 1. The van der Waals surface area contributed by atoms with Crippen LogP contribution in [-0.4, -0.2) is 60.6 Å². The number of carbonyl (C=O) groups excluding carboxylic acids is 1. The van der Waals surface area contributed by atoms with Crippen molar-refractivity contribution in [1.29, 1.82) is 0 Å². The Balaban J connectivity index is 1.61. The highest BCUT2D eigenvalue weighted by atomic mass is 19.4. The van der Waals surface area contributed by atoms with Gasteiger partial charge in [0.1, 0.15) is 17.2 Å². The Kier molecular flexibility index (Phi) is 6.62. The van der Waals surface area contributed by atoms with Crippen LogP contribution >= 0.6 is 0 Å². The maximum Gasteiger partial charge on any atom is 0.420 e. The molecule has 1 saturated heterocycles. The van der Waals surface area contributed by atoms with E-state index >= 15 is 0 Å². The van der Waals surface area contributed by atoms with Crippen molar-refractivity contribution in [3.63, 3.8) is 0 Å². The molecule has 0 bridgehead atoms. The van der Waals surface area contributed by atoms with E-state index in [0.29, 0.717) is 12.3 Å². The van der Waals surface area contributed by atoms with Crippen LogP contribution in [0.5, 0.6) is 0 Å². The standard InChI is InChI=1S/C22H21F6N7O/c1-12-7-21(24,25)11-35(16(12)9-32-17-6-15(23)14(8-31-17)22(26,27)28)20(36)18-13(10-34(2)33-18)19-29-4-3-5-30-19/h3-6,8,10,12,16H,7,9,11H2,1-2H3,(H,31,32)/t12-,16-/m1/s1. The predicted octanol–water partition coefficient (Wildman–Crippen LogP) is 4.03. The number of nitrogens with zero attached hydrogens (tertiary/aromatic N) is 6. The highest BCUT2D eigenvalue weighted by molar-refractivity contribution is 5.98. The molecule has 4 rings (SSSR count). The summed E-state index contributed by atoms with van der Waals surface area (Å²) in [6.07, 6.45) is -0.664. The van der Waals surface area contributed by atoms with Gasteiger partial charge in [0.05, 0.1) is 18.2 Å². The monoisotopic (exact) mass is 513 g/mol. The number of aromatic nitrogens is 5. The molecule has 0 unspecified atom stereocenters. The van der Waals surface area contributed by atoms with Crippen LogP contribution in [-0.2, 0) is 13.2 Å². The Morgan fingerprint density at radius 1 is 1.22 bits per heavy atom. The average molecular weight is 513 g/mol. The fourth-order valence-corrected chi connectivity index (χ4v) is 4.21. The third-order valence-corrected chi connectivity index (χ3v) is 5.83. The Hall–Kier alpha value is -3.71. The van der Waals surface area contributed by atoms with Crippen LogP contribution in [0, 0.1) is 11.7 Å². The minimum absolute atomic E-state index is 0.128. The minimum Gasteiger partial charge on any atom is -0.368 e. The average Bonchev–Trinajstić information content (AvgIpc) is 3.18. The van der Waals surface area contributed by atoms with E-state index in [1.807, 2.05) is 0 Å². The first-order valence-electron chi connectivity index (χ1n) is 10.8. The molecular weight excluding hydrogens is 492 g/mol. The number of aryl methyl sites for hydroxylation is 1. The van der Waals surface area contributed by atoms with Gasteiger partial charge in [0, 0.05) is 50.9 Å². The Morgan fingerprint density at radius 2 is 1.92 bits per heavy atom. The van der Waals surface area contributed by atoms with Crippen molar-refractivity contribution >= 4 is 11.7 Å². The van der Waals surface area contributed by atoms with Crippen LogP contribution in [0.1, 0.15) is 29.4 Å². The van der Waals surface area contributed by atoms with E-state index in [9.17, 15) is 31.1 Å². The Morgan fingerprint density at radius 3 is 2.56 bits per heavy atom. The normalized spacial score (nSPS) is 19.8. The largest absolute Gasteiger partial charge is 0.420 e. The first kappa shape index (κ1) is 25.4. The predicted molar refractivity (Wildman–Crippen MR) is 115 cm³/mol. The molecule has 0 aliphatic carbocycles. The Bertz CT molecular complexity index is 1250. The molecule has 1 aliphatic rings. The SMILES string of the molecule is C[C@@H]1CC(F)(F)CN(C(=O)c2nn(C)cc2-c2ncccn2)[C@@H]1CNc1cc(F)c(C(F)(F)F)cn1. The minimum atomic E-state index is -4.91. The molecule has 3 aromatic heterocycles. The number of piperidine rings is 1. The molecule has 2 atom stereocenters. The summed E-state index contributed by atoms with van der Waals surface area (Å²) in [4.78, 5) is 26.3. The van der Waals surface area contributed by atoms with Crippen LogP contribution in [0.25, 0.3) is 11.4 Å². The first-order chi connectivity index (χ1) is 16.9. The van der Waals surface area contributed by atoms with Crippen molar-refractivity contribution in [1.82, 2.24) is 29.6 Å². The third kappa shape index (κ3) is 5.26. The van der Waals surface area contributed by atoms with E-state index in [-0.39, 0.29) is 29.4 Å². The van der Waals surface area contributed by atoms with Crippen LogP contribution < -0.4 is 5.32 Å². The van der Waals surface area contributed by atoms with Gasteiger partial charge >= 0.3 is 6.18 Å². The summed E-state index contributed by atoms with van der Waals surface area (Å²) in [6.45, 7) is 0.466. The van der Waals surface area contributed by atoms with Crippen LogP contribution in [0.3, 0.4) is 0 Å². The number of likely N-dealkylation sites (tertiary alicyclic amines) is 1. The number of anilines is 1. The maximum absolute atomic E-state index is 14.5. The van der Waals surface area contributed by atoms with E-state index in [4.69, 9.17) is 0 Å². The first-order valence-corrected chi connectivity index (χ1v) is 10.8. The maximum atomic E-state index is 14.5. The summed E-state index contributed by atoms with van der Waals surface area (Å²) in [6, 6.07) is 1.32. The number of hydrogen-bond donors (Lipinski definition) is 1. The van der Waals surface area contributed by atoms with Gasteiger partial charge in [-0.15, -0.1) is 0 Å². The van der Waals surface area contributed by atoms with Crippen LogP contribution in [0.15, 0.2) is 36.9 Å². The van der Waals surface area contributed by atoms with Gasteiger partial charge < -0.3 is 10.2 Å². The molecule has 14 heteroatoms. The molecule has 0 spiro atoms. The number of rotatable bonds is 5. The zero-order chi connectivity index (χ0) is 26.3. The van der Waals surface area contributed by atoms with Gasteiger partial charge in [-0.05, 0) is 12.0 Å². The van der Waals surface area contributed by atoms with Crippen molar-refractivity contribution in [2.24, 2.45) is 13.0 Å². The van der Waals surface area contributed by atoms with E-state index in [0.717, 1.165) is 4.90 Å². The summed E-state index contributed by atoms with van der Waals surface area (Å²) >= 11 is 0. The lowest BCUT2D eigenvalue weighted by molar-refractivity contribution is -0.140. The lowest BCUT2D eigenvalue weighted by atomic mass is 9.88. The van der Waals surface area contributed by atoms with Crippen LogP contribution in [0.4, 0.5) is 32.2 Å². The smallest absolute Gasteiger partial charge is 0.368 e. The fourth-order valence-electron chi connectivity index (χ4n) is 4.21. The molecule has 0 radical (unpaired) electrons. The van der Waals surface area contributed by atoms with Gasteiger partial charge in [-0.3, -0.25) is 9.48 Å². The number of amides is 1. The molecule has 1 fully saturated rings. The molecule has 3 aromatic rings. The molecule has 36 heavy (non-hydrogen) atoms. The quantitative estimate of drug-likeness (QED) is 0.519. The van der Waals surface area contributed by atoms with E-state index in [2.05, 4.69) is 25.4 Å². The molecule has 1 amide bonds. The molecule has 192 valence electrons. The summed E-state index contributed by atoms with van der Waals surface area (Å²) in [5.74, 6) is -6.26. The lowest BCUT2D eigenvalue weighted by Gasteiger charge is -2.43. The highest BCUT2D eigenvalue weighted by Gasteiger charge is 2.47. The molecule has 1 aliphatic heterocycles.